The van der Waals surface area contributed by atoms with Crippen molar-refractivity contribution >= 4 is 6.03 Å². The Hall–Kier alpha value is -0.870. The average Bonchev–Trinajstić information content (AvgIpc) is 2.53. The number of nitrogens with zero attached hydrogens (tertiary/aromatic N) is 2. The molecule has 0 aromatic carbocycles. The number of amides is 2. The molecule has 0 spiro atoms. The Labute approximate surface area is 76.3 Å². The van der Waals surface area contributed by atoms with Crippen LogP contribution in [-0.4, -0.2) is 48.9 Å². The van der Waals surface area contributed by atoms with Gasteiger partial charge < -0.3 is 9.80 Å². The Morgan fingerprint density at radius 3 is 2.46 bits per heavy atom. The first-order valence-electron chi connectivity index (χ1n) is 4.39. The molecule has 76 valence electrons. The second-order valence-corrected chi connectivity index (χ2v) is 3.25. The lowest BCUT2D eigenvalue weighted by molar-refractivity contribution is 0.0978. The van der Waals surface area contributed by atoms with Crippen LogP contribution in [0.25, 0.3) is 0 Å². The van der Waals surface area contributed by atoms with Gasteiger partial charge in [0.2, 0.25) is 0 Å². The first-order chi connectivity index (χ1) is 6.11. The quantitative estimate of drug-likeness (QED) is 0.648. The standard InChI is InChI=1S/C8H14F2N2O/c1-11(6-7(9)10)8(13)12-4-2-3-5-12/h7H,2-6H2,1H3. The van der Waals surface area contributed by atoms with Gasteiger partial charge in [-0.05, 0) is 12.8 Å². The third-order valence-electron chi connectivity index (χ3n) is 2.12. The van der Waals surface area contributed by atoms with E-state index < -0.39 is 13.0 Å². The maximum Gasteiger partial charge on any atom is 0.319 e. The largest absolute Gasteiger partial charge is 0.325 e. The summed E-state index contributed by atoms with van der Waals surface area (Å²) in [7, 11) is 1.41. The van der Waals surface area contributed by atoms with E-state index in [2.05, 4.69) is 0 Å². The number of hydrogen-bond donors (Lipinski definition) is 0. The minimum absolute atomic E-state index is 0.280. The topological polar surface area (TPSA) is 23.6 Å². The third kappa shape index (κ3) is 2.82. The molecule has 0 saturated carbocycles. The van der Waals surface area contributed by atoms with Gasteiger partial charge in [-0.3, -0.25) is 0 Å². The van der Waals surface area contributed by atoms with Crippen LogP contribution in [0.2, 0.25) is 0 Å². The van der Waals surface area contributed by atoms with E-state index >= 15 is 0 Å². The molecule has 3 nitrogen and oxygen atoms in total. The average molecular weight is 192 g/mol. The van der Waals surface area contributed by atoms with E-state index in [1.54, 1.807) is 4.90 Å². The summed E-state index contributed by atoms with van der Waals surface area (Å²) in [4.78, 5) is 14.1. The van der Waals surface area contributed by atoms with Crippen molar-refractivity contribution in [2.45, 2.75) is 19.3 Å². The normalized spacial score (nSPS) is 16.8. The fourth-order valence-electron chi connectivity index (χ4n) is 1.43. The van der Waals surface area contributed by atoms with Crippen LogP contribution < -0.4 is 0 Å². The van der Waals surface area contributed by atoms with Crippen LogP contribution >= 0.6 is 0 Å². The van der Waals surface area contributed by atoms with E-state index in [1.165, 1.54) is 7.05 Å². The van der Waals surface area contributed by atoms with Crippen molar-refractivity contribution in [3.63, 3.8) is 0 Å². The summed E-state index contributed by atoms with van der Waals surface area (Å²) >= 11 is 0. The van der Waals surface area contributed by atoms with Gasteiger partial charge in [0.15, 0.2) is 0 Å². The van der Waals surface area contributed by atoms with Crippen LogP contribution in [0.4, 0.5) is 13.6 Å². The highest BCUT2D eigenvalue weighted by atomic mass is 19.3. The maximum atomic E-state index is 11.9. The lowest BCUT2D eigenvalue weighted by atomic mass is 10.4. The van der Waals surface area contributed by atoms with Crippen LogP contribution in [-0.2, 0) is 0 Å². The Morgan fingerprint density at radius 2 is 2.00 bits per heavy atom. The van der Waals surface area contributed by atoms with E-state index in [9.17, 15) is 13.6 Å². The van der Waals surface area contributed by atoms with Crippen LogP contribution in [0.15, 0.2) is 0 Å². The molecule has 0 aliphatic carbocycles. The van der Waals surface area contributed by atoms with Crippen molar-refractivity contribution in [2.24, 2.45) is 0 Å². The summed E-state index contributed by atoms with van der Waals surface area (Å²) in [5.74, 6) is 0. The van der Waals surface area contributed by atoms with Crippen molar-refractivity contribution < 1.29 is 13.6 Å². The number of halogens is 2. The van der Waals surface area contributed by atoms with E-state index in [0.29, 0.717) is 13.1 Å². The lowest BCUT2D eigenvalue weighted by Crippen LogP contribution is -2.41. The van der Waals surface area contributed by atoms with Crippen molar-refractivity contribution in [2.75, 3.05) is 26.7 Å². The molecule has 0 bridgehead atoms. The summed E-state index contributed by atoms with van der Waals surface area (Å²) in [5, 5.41) is 0. The predicted molar refractivity (Wildman–Crippen MR) is 44.8 cm³/mol. The van der Waals surface area contributed by atoms with Gasteiger partial charge in [-0.1, -0.05) is 0 Å². The number of carbonyl (C=O) groups excluding carboxylic acids is 1. The van der Waals surface area contributed by atoms with Gasteiger partial charge in [0, 0.05) is 20.1 Å². The van der Waals surface area contributed by atoms with Crippen LogP contribution in [0.1, 0.15) is 12.8 Å². The molecular weight excluding hydrogens is 178 g/mol. The predicted octanol–water partition coefficient (Wildman–Crippen LogP) is 1.40. The number of hydrogen-bond acceptors (Lipinski definition) is 1. The highest BCUT2D eigenvalue weighted by molar-refractivity contribution is 5.74. The summed E-state index contributed by atoms with van der Waals surface area (Å²) in [5.41, 5.74) is 0. The summed E-state index contributed by atoms with van der Waals surface area (Å²) < 4.78 is 23.8. The van der Waals surface area contributed by atoms with Gasteiger partial charge >= 0.3 is 6.03 Å². The SMILES string of the molecule is CN(CC(F)F)C(=O)N1CCCC1. The lowest BCUT2D eigenvalue weighted by Gasteiger charge is -2.23. The van der Waals surface area contributed by atoms with E-state index in [-0.39, 0.29) is 6.03 Å². The number of alkyl halides is 2. The Bertz CT molecular complexity index is 181. The zero-order valence-electron chi connectivity index (χ0n) is 7.67. The molecule has 0 radical (unpaired) electrons. The molecule has 1 saturated heterocycles. The molecule has 2 amide bonds. The van der Waals surface area contributed by atoms with Gasteiger partial charge in [-0.15, -0.1) is 0 Å². The first-order valence-corrected chi connectivity index (χ1v) is 4.39. The van der Waals surface area contributed by atoms with Crippen molar-refractivity contribution in [3.8, 4) is 0 Å². The molecule has 1 heterocycles. The summed E-state index contributed by atoms with van der Waals surface area (Å²) in [6.07, 6.45) is -0.487. The Morgan fingerprint density at radius 1 is 1.46 bits per heavy atom. The Balaban J connectivity index is 2.36. The molecule has 1 fully saturated rings. The number of urea groups is 1. The number of likely N-dealkylation sites (tertiary alicyclic amines) is 1. The molecule has 0 aromatic rings. The Kier molecular flexibility index (Phi) is 3.45. The summed E-state index contributed by atoms with van der Waals surface area (Å²) in [6.45, 7) is 0.925. The second kappa shape index (κ2) is 4.39. The number of rotatable bonds is 2. The van der Waals surface area contributed by atoms with Gasteiger partial charge in [0.1, 0.15) is 0 Å². The highest BCUT2D eigenvalue weighted by Crippen LogP contribution is 2.10. The molecule has 1 rings (SSSR count). The van der Waals surface area contributed by atoms with Crippen molar-refractivity contribution in [3.05, 3.63) is 0 Å². The molecule has 13 heavy (non-hydrogen) atoms. The number of carbonyl (C=O) groups is 1. The fraction of sp³-hybridized carbons (Fsp3) is 0.875. The van der Waals surface area contributed by atoms with Gasteiger partial charge in [0.25, 0.3) is 6.43 Å². The second-order valence-electron chi connectivity index (χ2n) is 3.25. The molecule has 0 N–H and O–H groups in total. The maximum absolute atomic E-state index is 11.9. The minimum atomic E-state index is -2.45. The van der Waals surface area contributed by atoms with Crippen LogP contribution in [0.3, 0.4) is 0 Å². The van der Waals surface area contributed by atoms with E-state index in [0.717, 1.165) is 17.7 Å². The molecule has 0 aromatic heterocycles. The summed E-state index contributed by atoms with van der Waals surface area (Å²) in [6, 6.07) is -0.280. The zero-order chi connectivity index (χ0) is 9.84. The molecule has 0 atom stereocenters. The van der Waals surface area contributed by atoms with Gasteiger partial charge in [0.05, 0.1) is 6.54 Å². The van der Waals surface area contributed by atoms with Gasteiger partial charge in [-0.25, -0.2) is 13.6 Å². The van der Waals surface area contributed by atoms with Crippen LogP contribution in [0, 0.1) is 0 Å². The first kappa shape index (κ1) is 10.2. The minimum Gasteiger partial charge on any atom is -0.325 e. The highest BCUT2D eigenvalue weighted by Gasteiger charge is 2.22. The third-order valence-corrected chi connectivity index (χ3v) is 2.12. The fourth-order valence-corrected chi connectivity index (χ4v) is 1.43. The van der Waals surface area contributed by atoms with Crippen molar-refractivity contribution in [1.29, 1.82) is 0 Å². The smallest absolute Gasteiger partial charge is 0.319 e. The van der Waals surface area contributed by atoms with Crippen LogP contribution in [0.5, 0.6) is 0 Å². The molecule has 5 heteroatoms. The molecule has 1 aliphatic rings. The van der Waals surface area contributed by atoms with Crippen molar-refractivity contribution in [1.82, 2.24) is 9.80 Å². The van der Waals surface area contributed by atoms with E-state index in [1.807, 2.05) is 0 Å². The molecule has 1 aliphatic heterocycles. The van der Waals surface area contributed by atoms with E-state index in [4.69, 9.17) is 0 Å². The monoisotopic (exact) mass is 192 g/mol. The van der Waals surface area contributed by atoms with Gasteiger partial charge in [-0.2, -0.15) is 0 Å². The molecular formula is C8H14F2N2O. The molecule has 0 unspecified atom stereocenters. The zero-order valence-corrected chi connectivity index (χ0v) is 7.67.